The van der Waals surface area contributed by atoms with E-state index in [4.69, 9.17) is 0 Å². The molecule has 5 heteroatoms. The van der Waals surface area contributed by atoms with Gasteiger partial charge in [0.15, 0.2) is 0 Å². The molecule has 0 saturated heterocycles. The Labute approximate surface area is 64.8 Å². The number of Topliss-reactive ketones (excluding diaryl/α,β-unsaturated/α-hetero) is 1. The number of ketones is 1. The molecule has 0 aromatic carbocycles. The normalized spacial score (nSPS) is 7.22. The van der Waals surface area contributed by atoms with Crippen molar-refractivity contribution in [2.24, 2.45) is 0 Å². The third-order valence-electron chi connectivity index (χ3n) is 0.525. The maximum absolute atomic E-state index is 10.1. The number of rotatable bonds is 2. The average molecular weight is 171 g/mol. The fraction of sp³-hybridized carbons (Fsp3) is 0.500. The van der Waals surface area contributed by atoms with Crippen molar-refractivity contribution < 1.29 is 31.0 Å². The second kappa shape index (κ2) is 5.84. The van der Waals surface area contributed by atoms with Gasteiger partial charge >= 0.3 is 8.05 Å². The molecule has 0 aromatic heterocycles. The van der Waals surface area contributed by atoms with Gasteiger partial charge in [-0.3, -0.25) is 9.59 Å². The van der Waals surface area contributed by atoms with Crippen LogP contribution in [0.2, 0.25) is 0 Å². The van der Waals surface area contributed by atoms with Crippen molar-refractivity contribution in [3.8, 4) is 0 Å². The summed E-state index contributed by atoms with van der Waals surface area (Å²) in [5.41, 5.74) is 0. The summed E-state index contributed by atoms with van der Waals surface area (Å²) in [7, 11) is 4.42. The summed E-state index contributed by atoms with van der Waals surface area (Å²) in [4.78, 5) is 20.1. The standard InChI is InChI=1S/C4H5BO3.Co/c1-3(6)2-4(7)8-5;/h2H2,1H3;. The van der Waals surface area contributed by atoms with Crippen LogP contribution in [-0.2, 0) is 31.0 Å². The molecule has 0 aromatic rings. The molecule has 0 fully saturated rings. The molecule has 0 rings (SSSR count). The molecule has 0 saturated carbocycles. The minimum Gasteiger partial charge on any atom is -0.543 e. The molecule has 0 spiro atoms. The van der Waals surface area contributed by atoms with E-state index in [0.717, 1.165) is 0 Å². The third kappa shape index (κ3) is 7.71. The van der Waals surface area contributed by atoms with Crippen molar-refractivity contribution in [2.75, 3.05) is 0 Å². The van der Waals surface area contributed by atoms with Crippen LogP contribution in [0.15, 0.2) is 0 Å². The zero-order valence-corrected chi connectivity index (χ0v) is 5.88. The molecule has 9 heavy (non-hydrogen) atoms. The van der Waals surface area contributed by atoms with Gasteiger partial charge in [-0.15, -0.1) is 0 Å². The zero-order chi connectivity index (χ0) is 6.57. The topological polar surface area (TPSA) is 43.4 Å². The first kappa shape index (κ1) is 11.5. The average Bonchev–Trinajstić information content (AvgIpc) is 1.65. The number of carbonyl (C=O) groups excluding carboxylic acids is 2. The van der Waals surface area contributed by atoms with Gasteiger partial charge in [-0.2, -0.15) is 0 Å². The van der Waals surface area contributed by atoms with Gasteiger partial charge in [0, 0.05) is 16.8 Å². The summed E-state index contributed by atoms with van der Waals surface area (Å²) in [6.45, 7) is 1.29. The Balaban J connectivity index is 0. The van der Waals surface area contributed by atoms with Crippen molar-refractivity contribution in [3.05, 3.63) is 0 Å². The minimum absolute atomic E-state index is 0. The predicted octanol–water partition coefficient (Wildman–Crippen LogP) is -0.410. The first-order valence-corrected chi connectivity index (χ1v) is 2.06. The smallest absolute Gasteiger partial charge is 0.378 e. The van der Waals surface area contributed by atoms with Gasteiger partial charge in [-0.1, -0.05) is 0 Å². The molecule has 0 heterocycles. The van der Waals surface area contributed by atoms with Crippen molar-refractivity contribution in [2.45, 2.75) is 13.3 Å². The van der Waals surface area contributed by atoms with Gasteiger partial charge < -0.3 is 4.65 Å². The predicted molar refractivity (Wildman–Crippen MR) is 27.1 cm³/mol. The minimum atomic E-state index is -0.697. The molecule has 0 aliphatic heterocycles. The number of hydrogen-bond donors (Lipinski definition) is 0. The monoisotopic (exact) mass is 171 g/mol. The molecule has 0 bridgehead atoms. The van der Waals surface area contributed by atoms with E-state index in [1.54, 1.807) is 0 Å². The molecule has 0 unspecified atom stereocenters. The molecule has 0 aliphatic rings. The van der Waals surface area contributed by atoms with E-state index < -0.39 is 5.97 Å². The van der Waals surface area contributed by atoms with Crippen molar-refractivity contribution in [1.82, 2.24) is 0 Å². The Bertz CT molecular complexity index is 114. The summed E-state index contributed by atoms with van der Waals surface area (Å²) in [6.07, 6.45) is -0.240. The van der Waals surface area contributed by atoms with Gasteiger partial charge in [0.1, 0.15) is 12.2 Å². The van der Waals surface area contributed by atoms with Gasteiger partial charge in [-0.25, -0.2) is 0 Å². The van der Waals surface area contributed by atoms with E-state index in [2.05, 4.69) is 12.7 Å². The molecular weight excluding hydrogens is 166 g/mol. The quantitative estimate of drug-likeness (QED) is 0.418. The van der Waals surface area contributed by atoms with Crippen LogP contribution in [0, 0.1) is 0 Å². The maximum atomic E-state index is 10.1. The molecule has 51 valence electrons. The van der Waals surface area contributed by atoms with Crippen LogP contribution in [0.4, 0.5) is 0 Å². The number of hydrogen-bond acceptors (Lipinski definition) is 3. The zero-order valence-electron chi connectivity index (χ0n) is 4.84. The van der Waals surface area contributed by atoms with Crippen molar-refractivity contribution >= 4 is 19.8 Å². The van der Waals surface area contributed by atoms with E-state index in [1.807, 2.05) is 0 Å². The van der Waals surface area contributed by atoms with E-state index >= 15 is 0 Å². The van der Waals surface area contributed by atoms with Crippen LogP contribution in [0.3, 0.4) is 0 Å². The third-order valence-corrected chi connectivity index (χ3v) is 0.525. The van der Waals surface area contributed by atoms with E-state index in [1.165, 1.54) is 6.92 Å². The van der Waals surface area contributed by atoms with E-state index in [-0.39, 0.29) is 29.0 Å². The van der Waals surface area contributed by atoms with Gasteiger partial charge in [0.25, 0.3) is 5.97 Å². The van der Waals surface area contributed by atoms with Gasteiger partial charge in [-0.05, 0) is 6.92 Å². The van der Waals surface area contributed by atoms with Gasteiger partial charge in [0.05, 0.1) is 0 Å². The summed E-state index contributed by atoms with van der Waals surface area (Å²) >= 11 is 0. The summed E-state index contributed by atoms with van der Waals surface area (Å²) in [6, 6.07) is 0. The van der Waals surface area contributed by atoms with Crippen LogP contribution >= 0.6 is 0 Å². The van der Waals surface area contributed by atoms with Crippen LogP contribution in [0.25, 0.3) is 0 Å². The maximum Gasteiger partial charge on any atom is 0.378 e. The molecule has 3 nitrogen and oxygen atoms in total. The Kier molecular flexibility index (Phi) is 7.46. The van der Waals surface area contributed by atoms with Crippen LogP contribution in [0.1, 0.15) is 13.3 Å². The van der Waals surface area contributed by atoms with Crippen LogP contribution in [-0.4, -0.2) is 19.8 Å². The summed E-state index contributed by atoms with van der Waals surface area (Å²) in [5.74, 6) is -0.946. The Hall–Kier alpha value is -0.289. The van der Waals surface area contributed by atoms with Crippen LogP contribution < -0.4 is 0 Å². The largest absolute Gasteiger partial charge is 0.543 e. The summed E-state index contributed by atoms with van der Waals surface area (Å²) < 4.78 is 3.70. The molecule has 0 N–H and O–H groups in total. The molecular formula is C4H5BCoO3. The molecule has 0 amide bonds. The van der Waals surface area contributed by atoms with E-state index in [0.29, 0.717) is 0 Å². The Morgan fingerprint density at radius 1 is 1.56 bits per heavy atom. The molecule has 0 atom stereocenters. The van der Waals surface area contributed by atoms with Crippen LogP contribution in [0.5, 0.6) is 0 Å². The summed E-state index contributed by atoms with van der Waals surface area (Å²) in [5, 5.41) is 0. The first-order chi connectivity index (χ1) is 3.66. The SMILES string of the molecule is [B]OC(=O)CC(C)=O.[Co]. The first-order valence-electron chi connectivity index (χ1n) is 2.06. The fourth-order valence-electron chi connectivity index (χ4n) is 0.245. The second-order valence-corrected chi connectivity index (χ2v) is 1.37. The fourth-order valence-corrected chi connectivity index (χ4v) is 0.245. The Morgan fingerprint density at radius 2 is 2.00 bits per heavy atom. The molecule has 3 radical (unpaired) electrons. The number of carbonyl (C=O) groups is 2. The van der Waals surface area contributed by atoms with E-state index in [9.17, 15) is 9.59 Å². The van der Waals surface area contributed by atoms with Crippen molar-refractivity contribution in [1.29, 1.82) is 0 Å². The van der Waals surface area contributed by atoms with Crippen molar-refractivity contribution in [3.63, 3.8) is 0 Å². The second-order valence-electron chi connectivity index (χ2n) is 1.37. The van der Waals surface area contributed by atoms with Gasteiger partial charge in [0.2, 0.25) is 0 Å². The Morgan fingerprint density at radius 3 is 2.11 bits per heavy atom. The molecule has 0 aliphatic carbocycles.